The summed E-state index contributed by atoms with van der Waals surface area (Å²) in [5.41, 5.74) is 0. The van der Waals surface area contributed by atoms with Crippen molar-refractivity contribution in [1.82, 2.24) is 10.2 Å². The van der Waals surface area contributed by atoms with Crippen molar-refractivity contribution in [2.75, 3.05) is 19.6 Å². The van der Waals surface area contributed by atoms with E-state index in [1.165, 1.54) is 38.9 Å². The van der Waals surface area contributed by atoms with Gasteiger partial charge in [0.05, 0.1) is 6.26 Å². The Labute approximate surface area is 117 Å². The third kappa shape index (κ3) is 5.00. The zero-order valence-corrected chi connectivity index (χ0v) is 12.4. The first-order chi connectivity index (χ1) is 9.28. The van der Waals surface area contributed by atoms with E-state index in [2.05, 4.69) is 30.1 Å². The Kier molecular flexibility index (Phi) is 5.93. The highest BCUT2D eigenvalue weighted by Crippen LogP contribution is 2.13. The van der Waals surface area contributed by atoms with E-state index in [0.717, 1.165) is 18.6 Å². The maximum absolute atomic E-state index is 5.39. The summed E-state index contributed by atoms with van der Waals surface area (Å²) < 4.78 is 5.39. The quantitative estimate of drug-likeness (QED) is 0.856. The number of hydrogen-bond acceptors (Lipinski definition) is 3. The molecule has 0 bridgehead atoms. The van der Waals surface area contributed by atoms with Gasteiger partial charge < -0.3 is 14.6 Å². The van der Waals surface area contributed by atoms with Gasteiger partial charge in [0.1, 0.15) is 5.76 Å². The second kappa shape index (κ2) is 7.71. The summed E-state index contributed by atoms with van der Waals surface area (Å²) in [6.07, 6.45) is 7.89. The molecule has 1 aliphatic rings. The molecule has 1 saturated heterocycles. The van der Waals surface area contributed by atoms with Crippen LogP contribution in [0.5, 0.6) is 0 Å². The van der Waals surface area contributed by atoms with Gasteiger partial charge in [0.25, 0.3) is 0 Å². The third-order valence-electron chi connectivity index (χ3n) is 4.19. The van der Waals surface area contributed by atoms with Crippen molar-refractivity contribution < 1.29 is 4.42 Å². The topological polar surface area (TPSA) is 28.4 Å². The van der Waals surface area contributed by atoms with Crippen molar-refractivity contribution in [3.8, 4) is 0 Å². The van der Waals surface area contributed by atoms with Crippen LogP contribution in [0.2, 0.25) is 0 Å². The van der Waals surface area contributed by atoms with E-state index in [1.807, 2.05) is 6.07 Å². The van der Waals surface area contributed by atoms with Gasteiger partial charge in [0.2, 0.25) is 0 Å². The van der Waals surface area contributed by atoms with Gasteiger partial charge in [-0.25, -0.2) is 0 Å². The molecule has 108 valence electrons. The van der Waals surface area contributed by atoms with Gasteiger partial charge in [0, 0.05) is 18.5 Å². The number of hydrogen-bond donors (Lipinski definition) is 1. The first-order valence-corrected chi connectivity index (χ1v) is 7.78. The fourth-order valence-electron chi connectivity index (χ4n) is 2.94. The van der Waals surface area contributed by atoms with E-state index < -0.39 is 0 Å². The van der Waals surface area contributed by atoms with Crippen molar-refractivity contribution in [3.05, 3.63) is 24.2 Å². The van der Waals surface area contributed by atoms with Crippen molar-refractivity contribution in [2.24, 2.45) is 0 Å². The van der Waals surface area contributed by atoms with Crippen LogP contribution in [0.4, 0.5) is 0 Å². The average molecular weight is 264 g/mol. The van der Waals surface area contributed by atoms with E-state index in [9.17, 15) is 0 Å². The largest absolute Gasteiger partial charge is 0.469 e. The highest BCUT2D eigenvalue weighted by atomic mass is 16.3. The average Bonchev–Trinajstić information content (AvgIpc) is 2.83. The third-order valence-corrected chi connectivity index (χ3v) is 4.19. The summed E-state index contributed by atoms with van der Waals surface area (Å²) in [4.78, 5) is 2.56. The highest BCUT2D eigenvalue weighted by Gasteiger charge is 2.17. The molecule has 0 spiro atoms. The molecular weight excluding hydrogens is 236 g/mol. The Hall–Kier alpha value is -0.800. The van der Waals surface area contributed by atoms with Gasteiger partial charge in [-0.05, 0) is 64.4 Å². The van der Waals surface area contributed by atoms with Crippen LogP contribution >= 0.6 is 0 Å². The number of likely N-dealkylation sites (tertiary alicyclic amines) is 1. The molecule has 1 aromatic heterocycles. The fourth-order valence-corrected chi connectivity index (χ4v) is 2.94. The van der Waals surface area contributed by atoms with Gasteiger partial charge in [-0.2, -0.15) is 0 Å². The lowest BCUT2D eigenvalue weighted by Crippen LogP contribution is -2.37. The minimum absolute atomic E-state index is 0.572. The Morgan fingerprint density at radius 2 is 2.32 bits per heavy atom. The molecule has 0 aromatic carbocycles. The zero-order valence-electron chi connectivity index (χ0n) is 12.4. The van der Waals surface area contributed by atoms with Gasteiger partial charge in [-0.15, -0.1) is 0 Å². The van der Waals surface area contributed by atoms with Crippen LogP contribution in [0.3, 0.4) is 0 Å². The molecule has 0 saturated carbocycles. The molecule has 0 aliphatic carbocycles. The van der Waals surface area contributed by atoms with Crippen LogP contribution < -0.4 is 5.32 Å². The van der Waals surface area contributed by atoms with Crippen LogP contribution in [-0.2, 0) is 6.42 Å². The van der Waals surface area contributed by atoms with E-state index in [-0.39, 0.29) is 0 Å². The second-order valence-corrected chi connectivity index (χ2v) is 5.75. The van der Waals surface area contributed by atoms with Crippen LogP contribution in [0.15, 0.2) is 22.8 Å². The summed E-state index contributed by atoms with van der Waals surface area (Å²) in [6.45, 7) is 8.28. The van der Waals surface area contributed by atoms with Crippen LogP contribution in [0, 0.1) is 0 Å². The Morgan fingerprint density at radius 1 is 1.42 bits per heavy atom. The molecule has 2 atom stereocenters. The first kappa shape index (κ1) is 14.6. The monoisotopic (exact) mass is 264 g/mol. The van der Waals surface area contributed by atoms with Gasteiger partial charge in [-0.3, -0.25) is 0 Å². The van der Waals surface area contributed by atoms with E-state index >= 15 is 0 Å². The smallest absolute Gasteiger partial charge is 0.103 e. The van der Waals surface area contributed by atoms with E-state index in [4.69, 9.17) is 4.42 Å². The predicted molar refractivity (Wildman–Crippen MR) is 79.4 cm³/mol. The maximum atomic E-state index is 5.39. The van der Waals surface area contributed by atoms with Crippen molar-refractivity contribution in [3.63, 3.8) is 0 Å². The second-order valence-electron chi connectivity index (χ2n) is 5.75. The van der Waals surface area contributed by atoms with Gasteiger partial charge >= 0.3 is 0 Å². The molecular formula is C16H28N2O. The first-order valence-electron chi connectivity index (χ1n) is 7.78. The van der Waals surface area contributed by atoms with Gasteiger partial charge in [-0.1, -0.05) is 6.92 Å². The number of furan rings is 1. The molecule has 1 fully saturated rings. The van der Waals surface area contributed by atoms with Crippen LogP contribution in [0.25, 0.3) is 0 Å². The molecule has 0 amide bonds. The summed E-state index contributed by atoms with van der Waals surface area (Å²) in [5.74, 6) is 1.10. The zero-order chi connectivity index (χ0) is 13.5. The minimum Gasteiger partial charge on any atom is -0.469 e. The number of aryl methyl sites for hydroxylation is 1. The molecule has 2 heterocycles. The number of nitrogens with zero attached hydrogens (tertiary/aromatic N) is 1. The van der Waals surface area contributed by atoms with Crippen molar-refractivity contribution in [1.29, 1.82) is 0 Å². The Morgan fingerprint density at radius 3 is 3.05 bits per heavy atom. The van der Waals surface area contributed by atoms with Crippen LogP contribution in [0.1, 0.15) is 45.3 Å². The lowest BCUT2D eigenvalue weighted by molar-refractivity contribution is 0.295. The lowest BCUT2D eigenvalue weighted by atomic mass is 10.1. The molecule has 2 rings (SSSR count). The van der Waals surface area contributed by atoms with E-state index in [1.54, 1.807) is 6.26 Å². The standard InChI is InChI=1S/C16H28N2O/c1-3-18-11-4-6-15(10-12-18)17-14(2)8-9-16-7-5-13-19-16/h5,7,13-15,17H,3-4,6,8-12H2,1-2H3. The molecule has 1 aromatic rings. The molecule has 2 unspecified atom stereocenters. The van der Waals surface area contributed by atoms with Crippen LogP contribution in [-0.4, -0.2) is 36.6 Å². The Balaban J connectivity index is 1.68. The maximum Gasteiger partial charge on any atom is 0.103 e. The molecule has 1 aliphatic heterocycles. The molecule has 3 nitrogen and oxygen atoms in total. The summed E-state index contributed by atoms with van der Waals surface area (Å²) >= 11 is 0. The number of nitrogens with one attached hydrogen (secondary N) is 1. The molecule has 0 radical (unpaired) electrons. The Bertz CT molecular complexity index is 337. The predicted octanol–water partition coefficient (Wildman–Crippen LogP) is 3.06. The molecule has 19 heavy (non-hydrogen) atoms. The SMILES string of the molecule is CCN1CCCC(NC(C)CCc2ccco2)CC1. The molecule has 3 heteroatoms. The lowest BCUT2D eigenvalue weighted by Gasteiger charge is -2.22. The normalized spacial score (nSPS) is 23.2. The van der Waals surface area contributed by atoms with E-state index in [0.29, 0.717) is 12.1 Å². The highest BCUT2D eigenvalue weighted by molar-refractivity contribution is 4.98. The van der Waals surface area contributed by atoms with Crippen molar-refractivity contribution >= 4 is 0 Å². The molecule has 1 N–H and O–H groups in total. The summed E-state index contributed by atoms with van der Waals surface area (Å²) in [7, 11) is 0. The minimum atomic E-state index is 0.572. The summed E-state index contributed by atoms with van der Waals surface area (Å²) in [5, 5.41) is 3.80. The fraction of sp³-hybridized carbons (Fsp3) is 0.750. The number of rotatable bonds is 6. The summed E-state index contributed by atoms with van der Waals surface area (Å²) in [6, 6.07) is 5.31. The van der Waals surface area contributed by atoms with Crippen molar-refractivity contribution in [2.45, 2.75) is 58.0 Å². The van der Waals surface area contributed by atoms with Gasteiger partial charge in [0.15, 0.2) is 0 Å².